The third-order valence-electron chi connectivity index (χ3n) is 5.38. The Morgan fingerprint density at radius 3 is 2.82 bits per heavy atom. The number of fused-ring (bicyclic) bond motifs is 1. The van der Waals surface area contributed by atoms with Gasteiger partial charge in [0.2, 0.25) is 3.68 Å². The number of aliphatic hydroxyl groups is 2. The van der Waals surface area contributed by atoms with Gasteiger partial charge in [-0.05, 0) is 52.8 Å². The van der Waals surface area contributed by atoms with Gasteiger partial charge in [0.25, 0.3) is 5.91 Å². The molecule has 1 aromatic carbocycles. The Labute approximate surface area is 201 Å². The van der Waals surface area contributed by atoms with Gasteiger partial charge in [-0.3, -0.25) is 9.36 Å². The molecule has 1 fully saturated rings. The van der Waals surface area contributed by atoms with Crippen LogP contribution in [0.4, 0.5) is 10.2 Å². The van der Waals surface area contributed by atoms with E-state index < -0.39 is 40.3 Å². The Morgan fingerprint density at radius 2 is 2.15 bits per heavy atom. The molecular weight excluding hydrogens is 552 g/mol. The molecule has 4 atom stereocenters. The molecule has 0 aliphatic carbocycles. The van der Waals surface area contributed by atoms with E-state index in [0.29, 0.717) is 36.7 Å². The van der Waals surface area contributed by atoms with Gasteiger partial charge in [-0.2, -0.15) is 4.98 Å². The van der Waals surface area contributed by atoms with Crippen molar-refractivity contribution in [2.75, 3.05) is 25.1 Å². The van der Waals surface area contributed by atoms with Gasteiger partial charge in [0, 0.05) is 11.8 Å². The maximum absolute atomic E-state index is 15.0. The monoisotopic (exact) mass is 575 g/mol. The lowest BCUT2D eigenvalue weighted by molar-refractivity contribution is -0.0499. The minimum absolute atomic E-state index is 0.0386. The molecular formula is C21H23FIN3O7. The number of aromatic nitrogens is 2. The molecule has 3 N–H and O–H groups in total. The van der Waals surface area contributed by atoms with E-state index in [4.69, 9.17) is 14.2 Å². The summed E-state index contributed by atoms with van der Waals surface area (Å²) in [6.07, 6.45) is -1.55. The lowest BCUT2D eigenvalue weighted by atomic mass is 10.0. The third-order valence-corrected chi connectivity index (χ3v) is 6.56. The van der Waals surface area contributed by atoms with E-state index in [1.54, 1.807) is 12.1 Å². The molecule has 0 radical (unpaired) electrons. The number of amides is 1. The largest absolute Gasteiger partial charge is 0.486 e. The number of ether oxygens (including phenoxy) is 3. The van der Waals surface area contributed by atoms with Crippen molar-refractivity contribution in [1.29, 1.82) is 0 Å². The molecule has 2 unspecified atom stereocenters. The first-order valence-electron chi connectivity index (χ1n) is 10.4. The summed E-state index contributed by atoms with van der Waals surface area (Å²) in [5.41, 5.74) is 0.271. The predicted octanol–water partition coefficient (Wildman–Crippen LogP) is 1.57. The van der Waals surface area contributed by atoms with Crippen LogP contribution in [0.25, 0.3) is 0 Å². The fourth-order valence-corrected chi connectivity index (χ4v) is 4.63. The Kier molecular flexibility index (Phi) is 6.88. The van der Waals surface area contributed by atoms with E-state index >= 15 is 0 Å². The molecule has 33 heavy (non-hydrogen) atoms. The van der Waals surface area contributed by atoms with Crippen LogP contribution in [-0.4, -0.2) is 61.4 Å². The minimum Gasteiger partial charge on any atom is -0.486 e. The van der Waals surface area contributed by atoms with Gasteiger partial charge in [-0.25, -0.2) is 9.18 Å². The molecule has 1 amide bonds. The number of nitrogens with one attached hydrogen (secondary N) is 1. The number of carbonyl (C=O) groups is 1. The molecule has 0 spiro atoms. The first-order valence-corrected chi connectivity index (χ1v) is 11.5. The molecule has 0 saturated carbocycles. The molecule has 1 aromatic heterocycles. The lowest BCUT2D eigenvalue weighted by Crippen LogP contribution is -2.40. The Morgan fingerprint density at radius 1 is 1.39 bits per heavy atom. The molecule has 3 heterocycles. The van der Waals surface area contributed by atoms with Gasteiger partial charge >= 0.3 is 5.69 Å². The highest BCUT2D eigenvalue weighted by molar-refractivity contribution is 14.1. The number of halogens is 2. The maximum Gasteiger partial charge on any atom is 0.351 e. The number of aryl methyl sites for hydroxylation is 1. The number of benzene rings is 1. The van der Waals surface area contributed by atoms with Gasteiger partial charge in [0.15, 0.2) is 17.7 Å². The zero-order valence-electron chi connectivity index (χ0n) is 17.7. The van der Waals surface area contributed by atoms with Gasteiger partial charge in [-0.15, -0.1) is 0 Å². The SMILES string of the molecule is CCCc1cc(C(=O)Nc2ccn(C3O[C@H](CO)[C@@H](O)C3(F)I)c(=O)n2)cc2c1OCCO2. The summed E-state index contributed by atoms with van der Waals surface area (Å²) < 4.78 is 30.1. The van der Waals surface area contributed by atoms with E-state index in [1.165, 1.54) is 34.9 Å². The summed E-state index contributed by atoms with van der Waals surface area (Å²) in [4.78, 5) is 29.2. The Hall–Kier alpha value is -2.29. The molecule has 2 aliphatic heterocycles. The standard InChI is InChI=1S/C21H23FIN3O7/c1-2-3-11-8-12(9-13-16(11)32-7-6-31-13)18(29)24-15-4-5-26(20(30)25-15)19-21(22,23)17(28)14(10-27)33-19/h4-5,8-9,14,17,19,27-28H,2-3,6-7,10H2,1H3,(H,24,25,29,30)/t14-,17-,19?,21?/m1/s1. The quantitative estimate of drug-likeness (QED) is 0.350. The van der Waals surface area contributed by atoms with Crippen molar-refractivity contribution in [3.63, 3.8) is 0 Å². The van der Waals surface area contributed by atoms with Crippen molar-refractivity contribution in [1.82, 2.24) is 9.55 Å². The number of rotatable bonds is 6. The van der Waals surface area contributed by atoms with Gasteiger partial charge in [0.1, 0.15) is 31.2 Å². The van der Waals surface area contributed by atoms with E-state index in [1.807, 2.05) is 6.92 Å². The number of hydrogen-bond acceptors (Lipinski definition) is 8. The molecule has 2 aromatic rings. The molecule has 10 nitrogen and oxygen atoms in total. The van der Waals surface area contributed by atoms with Crippen LogP contribution in [0.5, 0.6) is 11.5 Å². The van der Waals surface area contributed by atoms with Crippen LogP contribution in [0.15, 0.2) is 29.2 Å². The lowest BCUT2D eigenvalue weighted by Gasteiger charge is -2.23. The molecule has 0 bridgehead atoms. The number of carbonyl (C=O) groups excluding carboxylic acids is 1. The highest BCUT2D eigenvalue weighted by atomic mass is 127. The van der Waals surface area contributed by atoms with Crippen molar-refractivity contribution in [3.05, 3.63) is 46.0 Å². The van der Waals surface area contributed by atoms with Gasteiger partial charge in [0.05, 0.1) is 6.61 Å². The molecule has 2 aliphatic rings. The summed E-state index contributed by atoms with van der Waals surface area (Å²) in [7, 11) is 0. The van der Waals surface area contributed by atoms with Crippen LogP contribution in [0, 0.1) is 0 Å². The van der Waals surface area contributed by atoms with Crippen molar-refractivity contribution < 1.29 is 33.6 Å². The van der Waals surface area contributed by atoms with Crippen LogP contribution in [-0.2, 0) is 11.2 Å². The van der Waals surface area contributed by atoms with E-state index in [0.717, 1.165) is 16.6 Å². The fourth-order valence-electron chi connectivity index (χ4n) is 3.78. The normalized spacial score (nSPS) is 26.3. The molecule has 1 saturated heterocycles. The van der Waals surface area contributed by atoms with E-state index in [2.05, 4.69) is 10.3 Å². The van der Waals surface area contributed by atoms with Crippen LogP contribution >= 0.6 is 22.6 Å². The topological polar surface area (TPSA) is 132 Å². The number of anilines is 1. The van der Waals surface area contributed by atoms with Crippen molar-refractivity contribution in [2.45, 2.75) is 41.9 Å². The second-order valence-electron chi connectivity index (χ2n) is 7.70. The average molecular weight is 575 g/mol. The molecule has 4 rings (SSSR count). The van der Waals surface area contributed by atoms with Gasteiger partial charge < -0.3 is 29.7 Å². The highest BCUT2D eigenvalue weighted by Crippen LogP contribution is 2.45. The number of hydrogen-bond donors (Lipinski definition) is 3. The van der Waals surface area contributed by atoms with Crippen molar-refractivity contribution >= 4 is 34.3 Å². The number of aliphatic hydroxyl groups excluding tert-OH is 2. The number of nitrogens with zero attached hydrogens (tertiary/aromatic N) is 2. The fraction of sp³-hybridized carbons (Fsp3) is 0.476. The summed E-state index contributed by atoms with van der Waals surface area (Å²) >= 11 is 1.34. The van der Waals surface area contributed by atoms with Crippen molar-refractivity contribution in [3.8, 4) is 11.5 Å². The van der Waals surface area contributed by atoms with Crippen LogP contribution in [0.1, 0.15) is 35.5 Å². The van der Waals surface area contributed by atoms with Crippen LogP contribution in [0.3, 0.4) is 0 Å². The first kappa shape index (κ1) is 23.9. The second kappa shape index (κ2) is 9.52. The number of alkyl halides is 2. The van der Waals surface area contributed by atoms with Crippen LogP contribution < -0.4 is 20.5 Å². The smallest absolute Gasteiger partial charge is 0.351 e. The molecule has 12 heteroatoms. The van der Waals surface area contributed by atoms with Crippen LogP contribution in [0.2, 0.25) is 0 Å². The van der Waals surface area contributed by atoms with E-state index in [-0.39, 0.29) is 5.82 Å². The minimum atomic E-state index is -2.36. The second-order valence-corrected chi connectivity index (χ2v) is 9.35. The summed E-state index contributed by atoms with van der Waals surface area (Å²) in [6, 6.07) is 4.60. The summed E-state index contributed by atoms with van der Waals surface area (Å²) in [6.45, 7) is 2.22. The predicted molar refractivity (Wildman–Crippen MR) is 123 cm³/mol. The summed E-state index contributed by atoms with van der Waals surface area (Å²) in [5, 5.41) is 21.8. The first-order chi connectivity index (χ1) is 15.8. The Balaban J connectivity index is 1.56. The maximum atomic E-state index is 15.0. The van der Waals surface area contributed by atoms with Gasteiger partial charge in [-0.1, -0.05) is 13.3 Å². The third kappa shape index (κ3) is 4.56. The zero-order chi connectivity index (χ0) is 23.8. The molecule has 178 valence electrons. The van der Waals surface area contributed by atoms with E-state index in [9.17, 15) is 24.2 Å². The zero-order valence-corrected chi connectivity index (χ0v) is 19.8. The highest BCUT2D eigenvalue weighted by Gasteiger charge is 2.56. The summed E-state index contributed by atoms with van der Waals surface area (Å²) in [5.74, 6) is 0.574. The Bertz CT molecular complexity index is 1110. The van der Waals surface area contributed by atoms with Crippen molar-refractivity contribution in [2.24, 2.45) is 0 Å². The average Bonchev–Trinajstić information content (AvgIpc) is 3.02.